The Morgan fingerprint density at radius 3 is 2.46 bits per heavy atom. The number of ether oxygens (including phenoxy) is 1. The zero-order chi connectivity index (χ0) is 17.7. The molecule has 0 aliphatic carbocycles. The van der Waals surface area contributed by atoms with Crippen LogP contribution in [0.15, 0.2) is 60.0 Å². The molecular formula is C18H20ClNO3S. The summed E-state index contributed by atoms with van der Waals surface area (Å²) in [6.07, 6.45) is 1.55. The fourth-order valence-corrected chi connectivity index (χ4v) is 3.97. The molecule has 128 valence electrons. The highest BCUT2D eigenvalue weighted by molar-refractivity contribution is 7.92. The van der Waals surface area contributed by atoms with Gasteiger partial charge in [-0.05, 0) is 55.8 Å². The standard InChI is InChI=1S/C18H20ClNO3S/c1-4-13-20(18-8-6-7-17(19)14(18)3)24(21,22)16-11-9-15(10-12-16)23-5-2/h4,6-12H,1,5,13H2,2-3H3. The van der Waals surface area contributed by atoms with Gasteiger partial charge in [-0.15, -0.1) is 6.58 Å². The van der Waals surface area contributed by atoms with Gasteiger partial charge in [-0.25, -0.2) is 8.42 Å². The van der Waals surface area contributed by atoms with E-state index in [2.05, 4.69) is 6.58 Å². The fourth-order valence-electron chi connectivity index (χ4n) is 2.31. The van der Waals surface area contributed by atoms with E-state index in [0.717, 1.165) is 0 Å². The van der Waals surface area contributed by atoms with Crippen LogP contribution in [0.3, 0.4) is 0 Å². The minimum absolute atomic E-state index is 0.150. The molecule has 2 aromatic carbocycles. The molecule has 6 heteroatoms. The maximum Gasteiger partial charge on any atom is 0.264 e. The van der Waals surface area contributed by atoms with E-state index >= 15 is 0 Å². The largest absolute Gasteiger partial charge is 0.494 e. The van der Waals surface area contributed by atoms with Gasteiger partial charge in [-0.2, -0.15) is 0 Å². The van der Waals surface area contributed by atoms with Gasteiger partial charge in [0.05, 0.1) is 23.7 Å². The molecular weight excluding hydrogens is 346 g/mol. The van der Waals surface area contributed by atoms with Crippen LogP contribution in [0.1, 0.15) is 12.5 Å². The van der Waals surface area contributed by atoms with E-state index in [-0.39, 0.29) is 11.4 Å². The maximum absolute atomic E-state index is 13.0. The molecule has 2 aromatic rings. The van der Waals surface area contributed by atoms with E-state index in [1.54, 1.807) is 43.3 Å². The van der Waals surface area contributed by atoms with Gasteiger partial charge in [0.25, 0.3) is 10.0 Å². The summed E-state index contributed by atoms with van der Waals surface area (Å²) in [5.41, 5.74) is 1.24. The van der Waals surface area contributed by atoms with Gasteiger partial charge in [-0.1, -0.05) is 23.7 Å². The molecule has 4 nitrogen and oxygen atoms in total. The molecule has 0 spiro atoms. The van der Waals surface area contributed by atoms with E-state index < -0.39 is 10.0 Å². The summed E-state index contributed by atoms with van der Waals surface area (Å²) in [5, 5.41) is 0.517. The third-order valence-corrected chi connectivity index (χ3v) is 5.73. The van der Waals surface area contributed by atoms with Crippen molar-refractivity contribution >= 4 is 27.3 Å². The molecule has 0 atom stereocenters. The van der Waals surface area contributed by atoms with Crippen LogP contribution in [-0.2, 0) is 10.0 Å². The van der Waals surface area contributed by atoms with Crippen molar-refractivity contribution in [2.24, 2.45) is 0 Å². The van der Waals surface area contributed by atoms with Crippen LogP contribution in [0.4, 0.5) is 5.69 Å². The number of rotatable bonds is 7. The molecule has 0 bridgehead atoms. The summed E-state index contributed by atoms with van der Waals surface area (Å²) in [6, 6.07) is 11.6. The van der Waals surface area contributed by atoms with Crippen molar-refractivity contribution in [1.29, 1.82) is 0 Å². The van der Waals surface area contributed by atoms with Crippen LogP contribution in [0.5, 0.6) is 5.75 Å². The Morgan fingerprint density at radius 1 is 1.21 bits per heavy atom. The van der Waals surface area contributed by atoms with Crippen LogP contribution >= 0.6 is 11.6 Å². The first-order valence-corrected chi connectivity index (χ1v) is 9.35. The molecule has 0 aliphatic rings. The zero-order valence-electron chi connectivity index (χ0n) is 13.7. The SMILES string of the molecule is C=CCN(c1cccc(Cl)c1C)S(=O)(=O)c1ccc(OCC)cc1. The minimum Gasteiger partial charge on any atom is -0.494 e. The van der Waals surface area contributed by atoms with Gasteiger partial charge in [0.1, 0.15) is 5.75 Å². The highest BCUT2D eigenvalue weighted by Gasteiger charge is 2.25. The van der Waals surface area contributed by atoms with Gasteiger partial charge in [-0.3, -0.25) is 4.31 Å². The Hall–Kier alpha value is -1.98. The van der Waals surface area contributed by atoms with E-state index in [1.807, 2.05) is 6.92 Å². The van der Waals surface area contributed by atoms with Crippen molar-refractivity contribution in [2.45, 2.75) is 18.7 Å². The summed E-state index contributed by atoms with van der Waals surface area (Å²) in [4.78, 5) is 0.187. The molecule has 0 amide bonds. The van der Waals surface area contributed by atoms with Crippen LogP contribution < -0.4 is 9.04 Å². The number of benzene rings is 2. The molecule has 0 unspecified atom stereocenters. The monoisotopic (exact) mass is 365 g/mol. The second-order valence-corrected chi connectivity index (χ2v) is 7.38. The first kappa shape index (κ1) is 18.4. The molecule has 0 radical (unpaired) electrons. The topological polar surface area (TPSA) is 46.6 Å². The molecule has 0 saturated heterocycles. The van der Waals surface area contributed by atoms with Crippen molar-refractivity contribution in [1.82, 2.24) is 0 Å². The van der Waals surface area contributed by atoms with Crippen LogP contribution in [0.2, 0.25) is 5.02 Å². The van der Waals surface area contributed by atoms with E-state index in [1.165, 1.54) is 16.4 Å². The number of nitrogens with zero attached hydrogens (tertiary/aromatic N) is 1. The normalized spacial score (nSPS) is 11.1. The van der Waals surface area contributed by atoms with Crippen LogP contribution in [0, 0.1) is 6.92 Å². The summed E-state index contributed by atoms with van der Waals surface area (Å²) in [6.45, 7) is 8.00. The van der Waals surface area contributed by atoms with E-state index in [4.69, 9.17) is 16.3 Å². The van der Waals surface area contributed by atoms with Crippen LogP contribution in [-0.4, -0.2) is 21.6 Å². The highest BCUT2D eigenvalue weighted by atomic mass is 35.5. The van der Waals surface area contributed by atoms with E-state index in [9.17, 15) is 8.42 Å². The first-order valence-electron chi connectivity index (χ1n) is 7.53. The Bertz CT molecular complexity index is 817. The highest BCUT2D eigenvalue weighted by Crippen LogP contribution is 2.31. The Kier molecular flexibility index (Phi) is 5.91. The van der Waals surface area contributed by atoms with Gasteiger partial charge in [0.15, 0.2) is 0 Å². The smallest absolute Gasteiger partial charge is 0.264 e. The fraction of sp³-hybridized carbons (Fsp3) is 0.222. The lowest BCUT2D eigenvalue weighted by atomic mass is 10.2. The summed E-state index contributed by atoms with van der Waals surface area (Å²) in [5.74, 6) is 0.630. The number of anilines is 1. The first-order chi connectivity index (χ1) is 11.4. The maximum atomic E-state index is 13.0. The van der Waals surface area contributed by atoms with Gasteiger partial charge in [0, 0.05) is 5.02 Å². The van der Waals surface area contributed by atoms with Gasteiger partial charge >= 0.3 is 0 Å². The lowest BCUT2D eigenvalue weighted by Gasteiger charge is -2.25. The minimum atomic E-state index is -3.74. The summed E-state index contributed by atoms with van der Waals surface area (Å²) >= 11 is 6.15. The predicted molar refractivity (Wildman–Crippen MR) is 98.5 cm³/mol. The molecule has 0 saturated carbocycles. The lowest BCUT2D eigenvalue weighted by Crippen LogP contribution is -2.31. The summed E-state index contributed by atoms with van der Waals surface area (Å²) < 4.78 is 32.8. The molecule has 0 heterocycles. The molecule has 0 fully saturated rings. The second-order valence-electron chi connectivity index (χ2n) is 5.11. The number of sulfonamides is 1. The lowest BCUT2D eigenvalue weighted by molar-refractivity contribution is 0.340. The Labute approximate surface area is 148 Å². The molecule has 0 aliphatic heterocycles. The average molecular weight is 366 g/mol. The van der Waals surface area contributed by atoms with Crippen molar-refractivity contribution in [3.63, 3.8) is 0 Å². The van der Waals surface area contributed by atoms with Crippen molar-refractivity contribution in [3.05, 3.63) is 65.7 Å². The van der Waals surface area contributed by atoms with Crippen molar-refractivity contribution < 1.29 is 13.2 Å². The Balaban J connectivity index is 2.49. The number of hydrogen-bond donors (Lipinski definition) is 0. The Morgan fingerprint density at radius 2 is 1.88 bits per heavy atom. The number of halogens is 1. The molecule has 24 heavy (non-hydrogen) atoms. The third kappa shape index (κ3) is 3.74. The third-order valence-electron chi connectivity index (χ3n) is 3.53. The van der Waals surface area contributed by atoms with Gasteiger partial charge < -0.3 is 4.74 Å². The molecule has 2 rings (SSSR count). The zero-order valence-corrected chi connectivity index (χ0v) is 15.3. The second kappa shape index (κ2) is 7.73. The van der Waals surface area contributed by atoms with Crippen molar-refractivity contribution in [3.8, 4) is 5.75 Å². The van der Waals surface area contributed by atoms with E-state index in [0.29, 0.717) is 28.6 Å². The summed E-state index contributed by atoms with van der Waals surface area (Å²) in [7, 11) is -3.74. The quantitative estimate of drug-likeness (QED) is 0.682. The van der Waals surface area contributed by atoms with Gasteiger partial charge in [0.2, 0.25) is 0 Å². The van der Waals surface area contributed by atoms with Crippen LogP contribution in [0.25, 0.3) is 0 Å². The average Bonchev–Trinajstić information content (AvgIpc) is 2.56. The molecule has 0 N–H and O–H groups in total. The molecule has 0 aromatic heterocycles. The van der Waals surface area contributed by atoms with Crippen molar-refractivity contribution in [2.75, 3.05) is 17.5 Å². The number of hydrogen-bond acceptors (Lipinski definition) is 3. The predicted octanol–water partition coefficient (Wildman–Crippen LogP) is 4.43.